The number of benzene rings is 4. The number of para-hydroxylation sites is 2. The molecule has 0 radical (unpaired) electrons. The first-order valence-corrected chi connectivity index (χ1v) is 13.3. The quantitative estimate of drug-likeness (QED) is 0.168. The SMILES string of the molecule is c1ccc2cc(CCCCCCCCCCCn3c4ccccc4c4ccccc43)ccc2c1. The Labute approximate surface area is 204 Å². The van der Waals surface area contributed by atoms with Gasteiger partial charge in [0.05, 0.1) is 0 Å². The third-order valence-electron chi connectivity index (χ3n) is 7.34. The van der Waals surface area contributed by atoms with E-state index in [4.69, 9.17) is 0 Å². The van der Waals surface area contributed by atoms with Crippen LogP contribution in [-0.2, 0) is 13.0 Å². The fourth-order valence-electron chi connectivity index (χ4n) is 5.47. The molecule has 0 aliphatic rings. The van der Waals surface area contributed by atoms with E-state index in [1.807, 2.05) is 0 Å². The van der Waals surface area contributed by atoms with Crippen molar-refractivity contribution >= 4 is 32.6 Å². The van der Waals surface area contributed by atoms with Gasteiger partial charge in [-0.1, -0.05) is 124 Å². The van der Waals surface area contributed by atoms with Crippen LogP contribution in [0.25, 0.3) is 32.6 Å². The first-order valence-electron chi connectivity index (χ1n) is 13.3. The van der Waals surface area contributed by atoms with Crippen molar-refractivity contribution in [2.75, 3.05) is 0 Å². The van der Waals surface area contributed by atoms with Gasteiger partial charge in [-0.2, -0.15) is 0 Å². The van der Waals surface area contributed by atoms with E-state index < -0.39 is 0 Å². The van der Waals surface area contributed by atoms with Crippen molar-refractivity contribution in [2.45, 2.75) is 70.8 Å². The summed E-state index contributed by atoms with van der Waals surface area (Å²) in [5.74, 6) is 0. The lowest BCUT2D eigenvalue weighted by molar-refractivity contribution is 0.543. The van der Waals surface area contributed by atoms with Crippen LogP contribution in [0.1, 0.15) is 63.4 Å². The van der Waals surface area contributed by atoms with Gasteiger partial charge >= 0.3 is 0 Å². The highest BCUT2D eigenvalue weighted by Crippen LogP contribution is 2.29. The summed E-state index contributed by atoms with van der Waals surface area (Å²) < 4.78 is 2.53. The molecule has 0 unspecified atom stereocenters. The topological polar surface area (TPSA) is 4.93 Å². The molecule has 0 spiro atoms. The minimum absolute atomic E-state index is 1.13. The maximum atomic E-state index is 2.53. The lowest BCUT2D eigenvalue weighted by atomic mass is 10.0. The largest absolute Gasteiger partial charge is 0.340 e. The number of hydrogen-bond acceptors (Lipinski definition) is 0. The second-order valence-electron chi connectivity index (χ2n) is 9.80. The molecule has 174 valence electrons. The van der Waals surface area contributed by atoms with Crippen LogP contribution in [-0.4, -0.2) is 4.57 Å². The van der Waals surface area contributed by atoms with Crippen molar-refractivity contribution in [3.05, 3.63) is 96.6 Å². The first-order chi connectivity index (χ1) is 16.9. The van der Waals surface area contributed by atoms with E-state index in [9.17, 15) is 0 Å². The molecule has 1 heterocycles. The Hall–Kier alpha value is -3.06. The van der Waals surface area contributed by atoms with Crippen LogP contribution in [0.3, 0.4) is 0 Å². The summed E-state index contributed by atoms with van der Waals surface area (Å²) in [6, 6.07) is 33.3. The second kappa shape index (κ2) is 11.4. The molecule has 1 nitrogen and oxygen atoms in total. The number of rotatable bonds is 12. The maximum absolute atomic E-state index is 2.53. The van der Waals surface area contributed by atoms with Gasteiger partial charge in [0.1, 0.15) is 0 Å². The Bertz CT molecular complexity index is 1290. The molecule has 1 heteroatoms. The molecule has 0 saturated heterocycles. The van der Waals surface area contributed by atoms with Gasteiger partial charge in [-0.25, -0.2) is 0 Å². The lowest BCUT2D eigenvalue weighted by Gasteiger charge is -2.08. The average Bonchev–Trinajstić information content (AvgIpc) is 3.21. The van der Waals surface area contributed by atoms with Crippen molar-refractivity contribution < 1.29 is 0 Å². The van der Waals surface area contributed by atoms with E-state index in [2.05, 4.69) is 95.6 Å². The van der Waals surface area contributed by atoms with Crippen molar-refractivity contribution in [3.8, 4) is 0 Å². The van der Waals surface area contributed by atoms with Crippen LogP contribution in [0.15, 0.2) is 91.0 Å². The molecule has 34 heavy (non-hydrogen) atoms. The van der Waals surface area contributed by atoms with Gasteiger partial charge < -0.3 is 4.57 Å². The first kappa shape index (κ1) is 22.7. The second-order valence-corrected chi connectivity index (χ2v) is 9.80. The van der Waals surface area contributed by atoms with Crippen LogP contribution < -0.4 is 0 Å². The van der Waals surface area contributed by atoms with Gasteiger partial charge in [0, 0.05) is 28.4 Å². The van der Waals surface area contributed by atoms with E-state index in [1.54, 1.807) is 0 Å². The molecule has 0 atom stereocenters. The van der Waals surface area contributed by atoms with Crippen LogP contribution >= 0.6 is 0 Å². The molecule has 0 amide bonds. The molecule has 0 bridgehead atoms. The minimum Gasteiger partial charge on any atom is -0.340 e. The zero-order valence-electron chi connectivity index (χ0n) is 20.4. The molecule has 0 saturated carbocycles. The van der Waals surface area contributed by atoms with E-state index in [0.717, 1.165) is 6.54 Å². The van der Waals surface area contributed by atoms with E-state index in [0.29, 0.717) is 0 Å². The Morgan fingerprint density at radius 3 is 1.65 bits per heavy atom. The summed E-state index contributed by atoms with van der Waals surface area (Å²) >= 11 is 0. The lowest BCUT2D eigenvalue weighted by Crippen LogP contribution is -1.97. The molecular weight excluding hydrogens is 410 g/mol. The average molecular weight is 448 g/mol. The minimum atomic E-state index is 1.13. The Kier molecular flexibility index (Phi) is 7.60. The fraction of sp³-hybridized carbons (Fsp3) is 0.333. The van der Waals surface area contributed by atoms with E-state index in [-0.39, 0.29) is 0 Å². The van der Waals surface area contributed by atoms with Gasteiger partial charge in [0.15, 0.2) is 0 Å². The van der Waals surface area contributed by atoms with Gasteiger partial charge in [0.25, 0.3) is 0 Å². The molecular formula is C33H37N. The van der Waals surface area contributed by atoms with Crippen LogP contribution in [0.4, 0.5) is 0 Å². The number of unbranched alkanes of at least 4 members (excludes halogenated alkanes) is 8. The summed E-state index contributed by atoms with van der Waals surface area (Å²) in [4.78, 5) is 0. The summed E-state index contributed by atoms with van der Waals surface area (Å²) in [5.41, 5.74) is 4.25. The van der Waals surface area contributed by atoms with Crippen LogP contribution in [0.5, 0.6) is 0 Å². The maximum Gasteiger partial charge on any atom is 0.0491 e. The highest BCUT2D eigenvalue weighted by atomic mass is 15.0. The highest BCUT2D eigenvalue weighted by Gasteiger charge is 2.08. The summed E-state index contributed by atoms with van der Waals surface area (Å²) in [7, 11) is 0. The Morgan fingerprint density at radius 1 is 0.441 bits per heavy atom. The van der Waals surface area contributed by atoms with Gasteiger partial charge in [-0.3, -0.25) is 0 Å². The van der Waals surface area contributed by atoms with E-state index in [1.165, 1.54) is 102 Å². The van der Waals surface area contributed by atoms with E-state index >= 15 is 0 Å². The van der Waals surface area contributed by atoms with Crippen molar-refractivity contribution in [2.24, 2.45) is 0 Å². The van der Waals surface area contributed by atoms with Gasteiger partial charge in [-0.05, 0) is 47.7 Å². The predicted octanol–water partition coefficient (Wildman–Crippen LogP) is 9.70. The van der Waals surface area contributed by atoms with Crippen LogP contribution in [0.2, 0.25) is 0 Å². The molecule has 5 aromatic rings. The molecule has 0 aliphatic heterocycles. The van der Waals surface area contributed by atoms with Crippen LogP contribution in [0, 0.1) is 0 Å². The van der Waals surface area contributed by atoms with Gasteiger partial charge in [-0.15, -0.1) is 0 Å². The predicted molar refractivity (Wildman–Crippen MR) is 149 cm³/mol. The normalized spacial score (nSPS) is 11.6. The molecule has 0 aliphatic carbocycles. The fourth-order valence-corrected chi connectivity index (χ4v) is 5.47. The van der Waals surface area contributed by atoms with Crippen molar-refractivity contribution in [1.82, 2.24) is 4.57 Å². The summed E-state index contributed by atoms with van der Waals surface area (Å²) in [6.07, 6.45) is 13.4. The summed E-state index contributed by atoms with van der Waals surface area (Å²) in [6.45, 7) is 1.13. The number of fused-ring (bicyclic) bond motifs is 4. The smallest absolute Gasteiger partial charge is 0.0491 e. The van der Waals surface area contributed by atoms with Gasteiger partial charge in [0.2, 0.25) is 0 Å². The number of aromatic nitrogens is 1. The third kappa shape index (κ3) is 5.36. The van der Waals surface area contributed by atoms with Crippen molar-refractivity contribution in [1.29, 1.82) is 0 Å². The zero-order valence-corrected chi connectivity index (χ0v) is 20.4. The molecule has 4 aromatic carbocycles. The van der Waals surface area contributed by atoms with Crippen molar-refractivity contribution in [3.63, 3.8) is 0 Å². The Morgan fingerprint density at radius 2 is 0.971 bits per heavy atom. The third-order valence-corrected chi connectivity index (χ3v) is 7.34. The summed E-state index contributed by atoms with van der Waals surface area (Å²) in [5, 5.41) is 5.50. The highest BCUT2D eigenvalue weighted by molar-refractivity contribution is 6.07. The number of hydrogen-bond donors (Lipinski definition) is 0. The number of nitrogens with zero attached hydrogens (tertiary/aromatic N) is 1. The molecule has 1 aromatic heterocycles. The molecule has 0 N–H and O–H groups in total. The number of aryl methyl sites for hydroxylation is 2. The Balaban J connectivity index is 0.962. The monoisotopic (exact) mass is 447 g/mol. The molecule has 5 rings (SSSR count). The molecule has 0 fully saturated rings. The zero-order chi connectivity index (χ0) is 23.0. The standard InChI is InChI=1S/C33H37N/c1(2-4-6-8-16-27-23-24-28-17-9-10-18-29(28)26-27)3-5-7-15-25-34-32-21-13-11-19-30(32)31-20-12-14-22-33(31)34/h9-14,17-24,26H,1-8,15-16,25H2.